The van der Waals surface area contributed by atoms with Gasteiger partial charge in [-0.2, -0.15) is 0 Å². The van der Waals surface area contributed by atoms with E-state index in [1.54, 1.807) is 11.8 Å². The number of hydrogen-bond donors (Lipinski definition) is 2. The Labute approximate surface area is 130 Å². The van der Waals surface area contributed by atoms with E-state index in [2.05, 4.69) is 22.8 Å². The van der Waals surface area contributed by atoms with Crippen LogP contribution in [0.4, 0.5) is 0 Å². The number of nitrogens with one attached hydrogen (secondary N) is 2. The average molecular weight is 317 g/mol. The van der Waals surface area contributed by atoms with E-state index in [1.165, 1.54) is 4.90 Å². The molecule has 0 aliphatic carbocycles. The number of thioether (sulfide) groups is 1. The van der Waals surface area contributed by atoms with Gasteiger partial charge in [0.25, 0.3) is 0 Å². The molecule has 2 N–H and O–H groups in total. The maximum atomic E-state index is 12.0. The van der Waals surface area contributed by atoms with E-state index in [0.717, 1.165) is 12.3 Å². The molecule has 0 saturated carbocycles. The highest BCUT2D eigenvalue weighted by molar-refractivity contribution is 7.99. The van der Waals surface area contributed by atoms with Crippen molar-refractivity contribution in [3.63, 3.8) is 0 Å². The molecule has 6 heteroatoms. The molecule has 0 unspecified atom stereocenters. The highest BCUT2D eigenvalue weighted by Gasteiger charge is 2.27. The van der Waals surface area contributed by atoms with Crippen molar-refractivity contribution < 1.29 is 9.53 Å². The van der Waals surface area contributed by atoms with Gasteiger partial charge in [-0.05, 0) is 19.1 Å². The van der Waals surface area contributed by atoms with Crippen LogP contribution >= 0.6 is 24.2 Å². The van der Waals surface area contributed by atoms with Crippen molar-refractivity contribution in [1.29, 1.82) is 0 Å². The Kier molecular flexibility index (Phi) is 7.99. The Bertz CT molecular complexity index is 405. The van der Waals surface area contributed by atoms with Crippen LogP contribution in [-0.4, -0.2) is 43.5 Å². The van der Waals surface area contributed by atoms with Gasteiger partial charge in [0, 0.05) is 23.7 Å². The zero-order chi connectivity index (χ0) is 13.5. The maximum absolute atomic E-state index is 12.0. The first-order valence-corrected chi connectivity index (χ1v) is 7.56. The molecule has 0 radical (unpaired) electrons. The fraction of sp³-hybridized carbons (Fsp3) is 0.500. The summed E-state index contributed by atoms with van der Waals surface area (Å²) in [5.74, 6) is 0.901. The Morgan fingerprint density at radius 2 is 2.20 bits per heavy atom. The van der Waals surface area contributed by atoms with Gasteiger partial charge in [-0.1, -0.05) is 18.2 Å². The lowest BCUT2D eigenvalue weighted by Gasteiger charge is -2.29. The van der Waals surface area contributed by atoms with E-state index >= 15 is 0 Å². The van der Waals surface area contributed by atoms with Crippen molar-refractivity contribution in [2.75, 3.05) is 25.4 Å². The molecule has 1 aromatic carbocycles. The standard InChI is InChI=1S/C14H20N2O2S.ClH/c1-11-13(15-7-9-18-11)14(17)16-8-10-19-12-5-3-2-4-6-12;/h2-6,11,13,15H,7-10H2,1H3,(H,16,17);1H/t11-,13+;/m1./s1. The van der Waals surface area contributed by atoms with Crippen molar-refractivity contribution in [2.24, 2.45) is 0 Å². The van der Waals surface area contributed by atoms with E-state index < -0.39 is 0 Å². The van der Waals surface area contributed by atoms with Crippen LogP contribution in [0.1, 0.15) is 6.92 Å². The summed E-state index contributed by atoms with van der Waals surface area (Å²) >= 11 is 1.74. The van der Waals surface area contributed by atoms with Crippen LogP contribution in [0.3, 0.4) is 0 Å². The molecule has 1 amide bonds. The number of carbonyl (C=O) groups excluding carboxylic acids is 1. The second kappa shape index (κ2) is 9.23. The summed E-state index contributed by atoms with van der Waals surface area (Å²) < 4.78 is 5.46. The minimum atomic E-state index is -0.226. The van der Waals surface area contributed by atoms with Crippen LogP contribution in [0.15, 0.2) is 35.2 Å². The largest absolute Gasteiger partial charge is 0.375 e. The third-order valence-corrected chi connectivity index (χ3v) is 4.03. The predicted molar refractivity (Wildman–Crippen MR) is 84.6 cm³/mol. The number of ether oxygens (including phenoxy) is 1. The van der Waals surface area contributed by atoms with Gasteiger partial charge < -0.3 is 15.4 Å². The summed E-state index contributed by atoms with van der Waals surface area (Å²) in [6.07, 6.45) is -0.0597. The van der Waals surface area contributed by atoms with Gasteiger partial charge in [-0.25, -0.2) is 0 Å². The van der Waals surface area contributed by atoms with E-state index in [1.807, 2.05) is 25.1 Å². The summed E-state index contributed by atoms with van der Waals surface area (Å²) in [4.78, 5) is 13.2. The lowest BCUT2D eigenvalue weighted by molar-refractivity contribution is -0.128. The van der Waals surface area contributed by atoms with Crippen LogP contribution < -0.4 is 10.6 Å². The molecule has 4 nitrogen and oxygen atoms in total. The maximum Gasteiger partial charge on any atom is 0.239 e. The van der Waals surface area contributed by atoms with Gasteiger partial charge >= 0.3 is 0 Å². The highest BCUT2D eigenvalue weighted by atomic mass is 35.5. The predicted octanol–water partition coefficient (Wildman–Crippen LogP) is 1.69. The van der Waals surface area contributed by atoms with Gasteiger partial charge in [0.1, 0.15) is 6.04 Å². The van der Waals surface area contributed by atoms with E-state index in [0.29, 0.717) is 13.2 Å². The topological polar surface area (TPSA) is 50.4 Å². The molecule has 1 saturated heterocycles. The molecule has 1 aliphatic heterocycles. The fourth-order valence-corrected chi connectivity index (χ4v) is 2.79. The summed E-state index contributed by atoms with van der Waals surface area (Å²) in [6.45, 7) is 4.01. The smallest absolute Gasteiger partial charge is 0.239 e. The van der Waals surface area contributed by atoms with Crippen LogP contribution in [0.25, 0.3) is 0 Å². The summed E-state index contributed by atoms with van der Waals surface area (Å²) in [7, 11) is 0. The van der Waals surface area contributed by atoms with E-state index in [9.17, 15) is 4.79 Å². The van der Waals surface area contributed by atoms with E-state index in [-0.39, 0.29) is 30.5 Å². The second-order valence-corrected chi connectivity index (χ2v) is 5.63. The van der Waals surface area contributed by atoms with Crippen molar-refractivity contribution in [1.82, 2.24) is 10.6 Å². The van der Waals surface area contributed by atoms with Crippen LogP contribution in [0.2, 0.25) is 0 Å². The van der Waals surface area contributed by atoms with Gasteiger partial charge in [0.15, 0.2) is 0 Å². The molecule has 2 rings (SSSR count). The molecular formula is C14H21ClN2O2S. The minimum absolute atomic E-state index is 0. The number of morpholine rings is 1. The fourth-order valence-electron chi connectivity index (χ4n) is 2.00. The monoisotopic (exact) mass is 316 g/mol. The zero-order valence-electron chi connectivity index (χ0n) is 11.5. The Morgan fingerprint density at radius 3 is 2.90 bits per heavy atom. The SMILES string of the molecule is C[C@H]1OCCN[C@@H]1C(=O)NCCSc1ccccc1.Cl. The third-order valence-electron chi connectivity index (χ3n) is 3.01. The van der Waals surface area contributed by atoms with E-state index in [4.69, 9.17) is 4.74 Å². The molecule has 1 aromatic rings. The van der Waals surface area contributed by atoms with Gasteiger partial charge in [0.2, 0.25) is 5.91 Å². The van der Waals surface area contributed by atoms with Gasteiger partial charge in [-0.3, -0.25) is 4.79 Å². The van der Waals surface area contributed by atoms with Crippen molar-refractivity contribution in [2.45, 2.75) is 24.0 Å². The normalized spacial score (nSPS) is 21.9. The lowest BCUT2D eigenvalue weighted by Crippen LogP contribution is -2.55. The first-order chi connectivity index (χ1) is 9.27. The zero-order valence-corrected chi connectivity index (χ0v) is 13.1. The van der Waals surface area contributed by atoms with Crippen LogP contribution in [-0.2, 0) is 9.53 Å². The summed E-state index contributed by atoms with van der Waals surface area (Å²) in [5.41, 5.74) is 0. The molecule has 0 spiro atoms. The number of hydrogen-bond acceptors (Lipinski definition) is 4. The third kappa shape index (κ3) is 5.32. The number of halogens is 1. The molecule has 1 fully saturated rings. The first kappa shape index (κ1) is 17.3. The Morgan fingerprint density at radius 1 is 1.45 bits per heavy atom. The van der Waals surface area contributed by atoms with Crippen molar-refractivity contribution in [3.8, 4) is 0 Å². The molecule has 2 atom stereocenters. The molecule has 112 valence electrons. The van der Waals surface area contributed by atoms with Crippen LogP contribution in [0, 0.1) is 0 Å². The van der Waals surface area contributed by atoms with Gasteiger partial charge in [-0.15, -0.1) is 24.2 Å². The molecule has 1 aliphatic rings. The lowest BCUT2D eigenvalue weighted by atomic mass is 10.1. The molecule has 0 bridgehead atoms. The summed E-state index contributed by atoms with van der Waals surface area (Å²) in [5, 5.41) is 6.13. The molecule has 0 aromatic heterocycles. The Balaban J connectivity index is 0.00000200. The van der Waals surface area contributed by atoms with Crippen molar-refractivity contribution >= 4 is 30.1 Å². The van der Waals surface area contributed by atoms with Crippen LogP contribution in [0.5, 0.6) is 0 Å². The first-order valence-electron chi connectivity index (χ1n) is 6.58. The second-order valence-electron chi connectivity index (χ2n) is 4.46. The average Bonchev–Trinajstić information content (AvgIpc) is 2.45. The quantitative estimate of drug-likeness (QED) is 0.641. The summed E-state index contributed by atoms with van der Waals surface area (Å²) in [6, 6.07) is 9.96. The molecule has 20 heavy (non-hydrogen) atoms. The number of rotatable bonds is 5. The van der Waals surface area contributed by atoms with Gasteiger partial charge in [0.05, 0.1) is 12.7 Å². The molecule has 1 heterocycles. The molecular weight excluding hydrogens is 296 g/mol. The number of amides is 1. The van der Waals surface area contributed by atoms with Crippen molar-refractivity contribution in [3.05, 3.63) is 30.3 Å². The Hall–Kier alpha value is -0.750. The minimum Gasteiger partial charge on any atom is -0.375 e. The highest BCUT2D eigenvalue weighted by Crippen LogP contribution is 2.15. The number of benzene rings is 1. The number of carbonyl (C=O) groups is 1.